The van der Waals surface area contributed by atoms with E-state index in [4.69, 9.17) is 11.6 Å². The molecule has 0 saturated heterocycles. The Morgan fingerprint density at radius 2 is 1.36 bits per heavy atom. The summed E-state index contributed by atoms with van der Waals surface area (Å²) >= 11 is 6.34. The maximum Gasteiger partial charge on any atom is 0.243 e. The molecule has 2 rings (SSSR count). The number of carbonyl (C=O) groups is 2. The van der Waals surface area contributed by atoms with Gasteiger partial charge in [0.15, 0.2) is 9.84 Å². The van der Waals surface area contributed by atoms with Crippen LogP contribution < -0.4 is 10.6 Å². The molecule has 7 nitrogen and oxygen atoms in total. The molecule has 0 spiro atoms. The van der Waals surface area contributed by atoms with Crippen LogP contribution in [0.5, 0.6) is 5.75 Å². The van der Waals surface area contributed by atoms with Gasteiger partial charge in [0, 0.05) is 11.5 Å². The first-order chi connectivity index (χ1) is 21.3. The molecule has 0 fully saturated rings. The summed E-state index contributed by atoms with van der Waals surface area (Å²) in [6.07, 6.45) is 17.4. The summed E-state index contributed by atoms with van der Waals surface area (Å²) in [5.74, 6) is -1.37. The van der Waals surface area contributed by atoms with Gasteiger partial charge in [-0.2, -0.15) is 0 Å². The molecule has 2 amide bonds. The lowest BCUT2D eigenvalue weighted by atomic mass is 9.95. The topological polar surface area (TPSA) is 113 Å². The molecule has 0 aliphatic rings. The van der Waals surface area contributed by atoms with Crippen molar-refractivity contribution in [1.82, 2.24) is 0 Å². The third-order valence-corrected chi connectivity index (χ3v) is 10.6. The minimum absolute atomic E-state index is 0.0532. The summed E-state index contributed by atoms with van der Waals surface area (Å²) in [5.41, 5.74) is 0.393. The van der Waals surface area contributed by atoms with E-state index in [9.17, 15) is 23.1 Å². The summed E-state index contributed by atoms with van der Waals surface area (Å²) < 4.78 is 27.1. The number of unbranched alkanes of at least 4 members (excludes halogenated alkanes) is 12. The van der Waals surface area contributed by atoms with Gasteiger partial charge in [-0.1, -0.05) is 135 Å². The van der Waals surface area contributed by atoms with Crippen LogP contribution in [0.4, 0.5) is 11.4 Å². The fraction of sp³-hybridized carbons (Fsp3) is 0.611. The standard InChI is InChI=1S/C36H55ClN2O5S/c1-6-8-9-10-11-12-13-14-15-16-17-18-19-21-27-22-20-23-28(24-27)45(43,44)33(7-2)34(41)38-30-26-32(40)31(25-29(30)37)39-35(42)36(3,4)5/h20,22-26,33,40H,6-19,21H2,1-5H3,(H,38,41)(H,39,42). The molecular formula is C36H55ClN2O5S. The molecule has 0 aliphatic carbocycles. The summed E-state index contributed by atoms with van der Waals surface area (Å²) in [6, 6.07) is 9.40. The molecule has 9 heteroatoms. The molecule has 2 aromatic rings. The first kappa shape index (κ1) is 38.6. The fourth-order valence-corrected chi connectivity index (χ4v) is 7.12. The number of benzene rings is 2. The van der Waals surface area contributed by atoms with E-state index in [0.717, 1.165) is 24.8 Å². The Morgan fingerprint density at radius 1 is 0.800 bits per heavy atom. The number of sulfone groups is 1. The molecule has 0 saturated carbocycles. The number of hydrogen-bond acceptors (Lipinski definition) is 5. The second-order valence-electron chi connectivity index (χ2n) is 13.1. The van der Waals surface area contributed by atoms with Crippen molar-refractivity contribution in [2.45, 2.75) is 141 Å². The Balaban J connectivity index is 1.90. The summed E-state index contributed by atoms with van der Waals surface area (Å²) in [7, 11) is -3.99. The average molecular weight is 663 g/mol. The number of anilines is 2. The smallest absolute Gasteiger partial charge is 0.243 e. The molecular weight excluding hydrogens is 608 g/mol. The lowest BCUT2D eigenvalue weighted by Gasteiger charge is -2.20. The predicted octanol–water partition coefficient (Wildman–Crippen LogP) is 9.85. The first-order valence-electron chi connectivity index (χ1n) is 16.8. The van der Waals surface area contributed by atoms with Crippen molar-refractivity contribution >= 4 is 44.6 Å². The number of aryl methyl sites for hydroxylation is 1. The zero-order valence-electron chi connectivity index (χ0n) is 28.0. The van der Waals surface area contributed by atoms with Gasteiger partial charge in [-0.3, -0.25) is 9.59 Å². The van der Waals surface area contributed by atoms with Crippen molar-refractivity contribution in [3.8, 4) is 5.75 Å². The molecule has 2 aromatic carbocycles. The van der Waals surface area contributed by atoms with Gasteiger partial charge in [0.05, 0.1) is 21.3 Å². The highest BCUT2D eigenvalue weighted by atomic mass is 35.5. The van der Waals surface area contributed by atoms with Gasteiger partial charge >= 0.3 is 0 Å². The summed E-state index contributed by atoms with van der Waals surface area (Å²) in [6.45, 7) is 9.09. The van der Waals surface area contributed by atoms with Gasteiger partial charge in [0.1, 0.15) is 11.0 Å². The molecule has 0 aromatic heterocycles. The Morgan fingerprint density at radius 3 is 1.89 bits per heavy atom. The number of phenols is 1. The lowest BCUT2D eigenvalue weighted by molar-refractivity contribution is -0.123. The molecule has 0 heterocycles. The van der Waals surface area contributed by atoms with E-state index in [0.29, 0.717) is 0 Å². The quantitative estimate of drug-likeness (QED) is 0.0965. The van der Waals surface area contributed by atoms with E-state index in [-0.39, 0.29) is 39.4 Å². The van der Waals surface area contributed by atoms with E-state index in [2.05, 4.69) is 17.6 Å². The molecule has 45 heavy (non-hydrogen) atoms. The van der Waals surface area contributed by atoms with E-state index in [1.54, 1.807) is 39.8 Å². The van der Waals surface area contributed by atoms with Crippen molar-refractivity contribution < 1.29 is 23.1 Å². The highest BCUT2D eigenvalue weighted by Crippen LogP contribution is 2.35. The van der Waals surface area contributed by atoms with Gasteiger partial charge in [0.25, 0.3) is 0 Å². The molecule has 0 bridgehead atoms. The molecule has 1 atom stereocenters. The van der Waals surface area contributed by atoms with Crippen molar-refractivity contribution in [3.63, 3.8) is 0 Å². The van der Waals surface area contributed by atoms with E-state index < -0.39 is 26.4 Å². The number of nitrogens with one attached hydrogen (secondary N) is 2. The highest BCUT2D eigenvalue weighted by molar-refractivity contribution is 7.92. The van der Waals surface area contributed by atoms with Crippen LogP contribution in [-0.4, -0.2) is 30.6 Å². The van der Waals surface area contributed by atoms with Crippen molar-refractivity contribution in [2.75, 3.05) is 10.6 Å². The molecule has 0 radical (unpaired) electrons. The van der Waals surface area contributed by atoms with Crippen LogP contribution in [0.25, 0.3) is 0 Å². The Kier molecular flexibility index (Phi) is 16.4. The van der Waals surface area contributed by atoms with Crippen molar-refractivity contribution in [2.24, 2.45) is 5.41 Å². The van der Waals surface area contributed by atoms with Crippen LogP contribution in [0.2, 0.25) is 5.02 Å². The van der Waals surface area contributed by atoms with Gasteiger partial charge in [-0.25, -0.2) is 8.42 Å². The third-order valence-electron chi connectivity index (χ3n) is 8.11. The van der Waals surface area contributed by atoms with Crippen LogP contribution in [-0.2, 0) is 25.8 Å². The van der Waals surface area contributed by atoms with Gasteiger partial charge in [0.2, 0.25) is 11.8 Å². The summed E-state index contributed by atoms with van der Waals surface area (Å²) in [5, 5.41) is 14.3. The molecule has 3 N–H and O–H groups in total. The number of hydrogen-bond donors (Lipinski definition) is 3. The Bertz CT molecular complexity index is 1340. The van der Waals surface area contributed by atoms with Crippen LogP contribution in [0.15, 0.2) is 41.3 Å². The number of amides is 2. The number of carbonyl (C=O) groups excluding carboxylic acids is 2. The minimum Gasteiger partial charge on any atom is -0.506 e. The number of rotatable bonds is 20. The van der Waals surface area contributed by atoms with Crippen molar-refractivity contribution in [1.29, 1.82) is 0 Å². The maximum absolute atomic E-state index is 13.6. The zero-order chi connectivity index (χ0) is 33.5. The SMILES string of the molecule is CCCCCCCCCCCCCCCc1cccc(S(=O)(=O)C(CC)C(=O)Nc2cc(O)c(NC(=O)C(C)(C)C)cc2Cl)c1. The molecule has 252 valence electrons. The molecule has 0 aliphatic heterocycles. The number of phenolic OH excluding ortho intramolecular Hbond substituents is 1. The lowest BCUT2D eigenvalue weighted by Crippen LogP contribution is -2.35. The first-order valence-corrected chi connectivity index (χ1v) is 18.7. The number of aromatic hydroxyl groups is 1. The van der Waals surface area contributed by atoms with Crippen LogP contribution in [0, 0.1) is 5.41 Å². The van der Waals surface area contributed by atoms with E-state index >= 15 is 0 Å². The Hall–Kier alpha value is -2.58. The Labute approximate surface area is 276 Å². The normalized spacial score (nSPS) is 12.6. The minimum atomic E-state index is -3.99. The van der Waals surface area contributed by atoms with Gasteiger partial charge in [-0.15, -0.1) is 0 Å². The summed E-state index contributed by atoms with van der Waals surface area (Å²) in [4.78, 5) is 25.7. The van der Waals surface area contributed by atoms with Crippen molar-refractivity contribution in [3.05, 3.63) is 47.0 Å². The zero-order valence-corrected chi connectivity index (χ0v) is 29.6. The van der Waals surface area contributed by atoms with Crippen LogP contribution >= 0.6 is 11.6 Å². The third kappa shape index (κ3) is 13.0. The second-order valence-corrected chi connectivity index (χ2v) is 15.7. The van der Waals surface area contributed by atoms with Crippen LogP contribution in [0.3, 0.4) is 0 Å². The second kappa shape index (κ2) is 19.2. The predicted molar refractivity (Wildman–Crippen MR) is 187 cm³/mol. The van der Waals surface area contributed by atoms with Crippen LogP contribution in [0.1, 0.15) is 130 Å². The van der Waals surface area contributed by atoms with Gasteiger partial charge < -0.3 is 15.7 Å². The highest BCUT2D eigenvalue weighted by Gasteiger charge is 2.33. The molecule has 1 unspecified atom stereocenters. The van der Waals surface area contributed by atoms with Gasteiger partial charge in [-0.05, 0) is 43.0 Å². The van der Waals surface area contributed by atoms with E-state index in [1.807, 2.05) is 6.07 Å². The fourth-order valence-electron chi connectivity index (χ4n) is 5.22. The number of halogens is 1. The monoisotopic (exact) mass is 662 g/mol. The average Bonchev–Trinajstić information content (AvgIpc) is 2.98. The maximum atomic E-state index is 13.6. The van der Waals surface area contributed by atoms with E-state index in [1.165, 1.54) is 88.8 Å². The largest absolute Gasteiger partial charge is 0.506 e.